The number of thioether (sulfide) groups is 1. The average molecular weight is 282 g/mol. The summed E-state index contributed by atoms with van der Waals surface area (Å²) in [4.78, 5) is 13.9. The lowest BCUT2D eigenvalue weighted by Gasteiger charge is -2.22. The van der Waals surface area contributed by atoms with E-state index >= 15 is 0 Å². The second kappa shape index (κ2) is 5.50. The van der Waals surface area contributed by atoms with E-state index in [0.29, 0.717) is 11.8 Å². The van der Waals surface area contributed by atoms with E-state index in [9.17, 15) is 9.90 Å². The third kappa shape index (κ3) is 2.76. The topological polar surface area (TPSA) is 71.2 Å². The van der Waals surface area contributed by atoms with Crippen LogP contribution < -0.4 is 0 Å². The van der Waals surface area contributed by atoms with Crippen LogP contribution in [0.25, 0.3) is 0 Å². The van der Waals surface area contributed by atoms with E-state index in [2.05, 4.69) is 14.8 Å². The fourth-order valence-electron chi connectivity index (χ4n) is 2.50. The van der Waals surface area contributed by atoms with E-state index < -0.39 is 0 Å². The quantitative estimate of drug-likeness (QED) is 0.805. The minimum absolute atomic E-state index is 0.00871. The number of rotatable bonds is 5. The van der Waals surface area contributed by atoms with Crippen molar-refractivity contribution in [3.05, 3.63) is 6.33 Å². The number of aliphatic hydroxyl groups is 1. The predicted molar refractivity (Wildman–Crippen MR) is 70.8 cm³/mol. The smallest absolute Gasteiger partial charge is 0.233 e. The Hall–Kier alpha value is -1.08. The molecule has 3 rings (SSSR count). The molecule has 104 valence electrons. The largest absolute Gasteiger partial charge is 0.394 e. The number of carbonyl (C=O) groups is 1. The molecule has 1 aromatic heterocycles. The molecule has 1 saturated carbocycles. The second-order valence-electron chi connectivity index (χ2n) is 5.11. The van der Waals surface area contributed by atoms with Crippen molar-refractivity contribution in [2.45, 2.75) is 42.9 Å². The molecule has 0 radical (unpaired) electrons. The van der Waals surface area contributed by atoms with Crippen LogP contribution in [0.15, 0.2) is 11.5 Å². The van der Waals surface area contributed by atoms with Gasteiger partial charge >= 0.3 is 0 Å². The molecule has 1 aliphatic heterocycles. The summed E-state index contributed by atoms with van der Waals surface area (Å²) in [6.07, 6.45) is 6.00. The van der Waals surface area contributed by atoms with Gasteiger partial charge in [-0.3, -0.25) is 4.79 Å². The highest BCUT2D eigenvalue weighted by Gasteiger charge is 2.29. The molecule has 2 aliphatic rings. The molecule has 1 aliphatic carbocycles. The SMILES string of the molecule is O=C(CSc1nncn1C1CC1)N1CCCC1CO. The highest BCUT2D eigenvalue weighted by atomic mass is 32.2. The van der Waals surface area contributed by atoms with Crippen molar-refractivity contribution >= 4 is 17.7 Å². The lowest BCUT2D eigenvalue weighted by molar-refractivity contribution is -0.129. The van der Waals surface area contributed by atoms with Crippen LogP contribution in [0.2, 0.25) is 0 Å². The number of nitrogens with zero attached hydrogens (tertiary/aromatic N) is 4. The van der Waals surface area contributed by atoms with Crippen LogP contribution in [-0.2, 0) is 4.79 Å². The first-order valence-electron chi connectivity index (χ1n) is 6.72. The highest BCUT2D eigenvalue weighted by Crippen LogP contribution is 2.37. The van der Waals surface area contributed by atoms with Gasteiger partial charge in [-0.2, -0.15) is 0 Å². The Morgan fingerprint density at radius 3 is 3.05 bits per heavy atom. The van der Waals surface area contributed by atoms with E-state index in [0.717, 1.165) is 24.5 Å². The molecule has 2 fully saturated rings. The first-order chi connectivity index (χ1) is 9.29. The van der Waals surface area contributed by atoms with Crippen molar-refractivity contribution in [1.29, 1.82) is 0 Å². The summed E-state index contributed by atoms with van der Waals surface area (Å²) in [7, 11) is 0. The Morgan fingerprint density at radius 2 is 2.32 bits per heavy atom. The zero-order valence-electron chi connectivity index (χ0n) is 10.7. The van der Waals surface area contributed by atoms with Gasteiger partial charge in [0.05, 0.1) is 18.4 Å². The molecule has 1 amide bonds. The Morgan fingerprint density at radius 1 is 1.47 bits per heavy atom. The summed E-state index contributed by atoms with van der Waals surface area (Å²) in [5, 5.41) is 18.1. The molecule has 2 heterocycles. The molecule has 19 heavy (non-hydrogen) atoms. The van der Waals surface area contributed by atoms with Crippen LogP contribution in [0.5, 0.6) is 0 Å². The van der Waals surface area contributed by atoms with Gasteiger partial charge in [0, 0.05) is 12.6 Å². The van der Waals surface area contributed by atoms with Gasteiger partial charge in [-0.25, -0.2) is 0 Å². The van der Waals surface area contributed by atoms with Gasteiger partial charge in [0.15, 0.2) is 5.16 Å². The fourth-order valence-corrected chi connectivity index (χ4v) is 3.37. The van der Waals surface area contributed by atoms with Crippen LogP contribution in [0, 0.1) is 0 Å². The van der Waals surface area contributed by atoms with Crippen molar-refractivity contribution in [2.24, 2.45) is 0 Å². The number of likely N-dealkylation sites (tertiary alicyclic amines) is 1. The summed E-state index contributed by atoms with van der Waals surface area (Å²) in [5.74, 6) is 0.467. The van der Waals surface area contributed by atoms with Crippen molar-refractivity contribution in [3.63, 3.8) is 0 Å². The predicted octanol–water partition coefficient (Wildman–Crippen LogP) is 0.688. The van der Waals surface area contributed by atoms with Gasteiger partial charge < -0.3 is 14.6 Å². The monoisotopic (exact) mass is 282 g/mol. The molecule has 1 saturated heterocycles. The molecular weight excluding hydrogens is 264 g/mol. The first-order valence-corrected chi connectivity index (χ1v) is 7.71. The average Bonchev–Trinajstić information content (AvgIpc) is 2.98. The molecule has 0 aromatic carbocycles. The van der Waals surface area contributed by atoms with Crippen molar-refractivity contribution in [1.82, 2.24) is 19.7 Å². The molecule has 1 N–H and O–H groups in total. The molecule has 6 nitrogen and oxygen atoms in total. The number of aromatic nitrogens is 3. The lowest BCUT2D eigenvalue weighted by atomic mass is 10.2. The van der Waals surface area contributed by atoms with Gasteiger partial charge in [-0.05, 0) is 25.7 Å². The van der Waals surface area contributed by atoms with Crippen molar-refractivity contribution in [2.75, 3.05) is 18.9 Å². The van der Waals surface area contributed by atoms with Crippen molar-refractivity contribution < 1.29 is 9.90 Å². The summed E-state index contributed by atoms with van der Waals surface area (Å²) in [5.41, 5.74) is 0. The Labute approximate surface area is 116 Å². The first kappa shape index (κ1) is 12.9. The number of hydrogen-bond donors (Lipinski definition) is 1. The van der Waals surface area contributed by atoms with E-state index in [4.69, 9.17) is 0 Å². The molecule has 1 unspecified atom stereocenters. The molecule has 1 aromatic rings. The number of carbonyl (C=O) groups excluding carboxylic acids is 1. The van der Waals surface area contributed by atoms with Crippen molar-refractivity contribution in [3.8, 4) is 0 Å². The van der Waals surface area contributed by atoms with Gasteiger partial charge in [0.1, 0.15) is 6.33 Å². The van der Waals surface area contributed by atoms with E-state index in [1.807, 2.05) is 0 Å². The molecule has 0 spiro atoms. The lowest BCUT2D eigenvalue weighted by Crippen LogP contribution is -2.38. The number of aliphatic hydroxyl groups excluding tert-OH is 1. The Bertz CT molecular complexity index is 460. The standard InChI is InChI=1S/C12H18N4O2S/c17-6-10-2-1-5-15(10)11(18)7-19-12-14-13-8-16(12)9-3-4-9/h8-10,17H,1-7H2. The minimum atomic E-state index is 0.00871. The molecule has 0 bridgehead atoms. The van der Waals surface area contributed by atoms with Gasteiger partial charge in [0.25, 0.3) is 0 Å². The zero-order valence-corrected chi connectivity index (χ0v) is 11.6. The maximum atomic E-state index is 12.1. The fraction of sp³-hybridized carbons (Fsp3) is 0.750. The van der Waals surface area contributed by atoms with E-state index in [1.165, 1.54) is 24.6 Å². The van der Waals surface area contributed by atoms with E-state index in [-0.39, 0.29) is 18.6 Å². The second-order valence-corrected chi connectivity index (χ2v) is 6.05. The van der Waals surface area contributed by atoms with Crippen LogP contribution >= 0.6 is 11.8 Å². The Kier molecular flexibility index (Phi) is 3.74. The maximum absolute atomic E-state index is 12.1. The van der Waals surface area contributed by atoms with E-state index in [1.54, 1.807) is 11.2 Å². The van der Waals surface area contributed by atoms with Gasteiger partial charge in [-0.15, -0.1) is 10.2 Å². The zero-order chi connectivity index (χ0) is 13.2. The Balaban J connectivity index is 1.56. The minimum Gasteiger partial charge on any atom is -0.394 e. The third-order valence-corrected chi connectivity index (χ3v) is 4.66. The molecular formula is C12H18N4O2S. The normalized spacial score (nSPS) is 23.0. The van der Waals surface area contributed by atoms with Crippen LogP contribution in [0.1, 0.15) is 31.7 Å². The van der Waals surface area contributed by atoms with Gasteiger partial charge in [0.2, 0.25) is 5.91 Å². The highest BCUT2D eigenvalue weighted by molar-refractivity contribution is 7.99. The maximum Gasteiger partial charge on any atom is 0.233 e. The number of hydrogen-bond acceptors (Lipinski definition) is 5. The number of amides is 1. The molecule has 1 atom stereocenters. The van der Waals surface area contributed by atoms with Crippen LogP contribution in [0.4, 0.5) is 0 Å². The summed E-state index contributed by atoms with van der Waals surface area (Å²) in [6, 6.07) is 0.541. The summed E-state index contributed by atoms with van der Waals surface area (Å²) < 4.78 is 2.06. The summed E-state index contributed by atoms with van der Waals surface area (Å²) >= 11 is 1.45. The summed E-state index contributed by atoms with van der Waals surface area (Å²) in [6.45, 7) is 0.828. The van der Waals surface area contributed by atoms with Gasteiger partial charge in [-0.1, -0.05) is 11.8 Å². The van der Waals surface area contributed by atoms with Crippen LogP contribution in [-0.4, -0.2) is 55.6 Å². The molecule has 7 heteroatoms. The van der Waals surface area contributed by atoms with Crippen LogP contribution in [0.3, 0.4) is 0 Å². The third-order valence-electron chi connectivity index (χ3n) is 3.71.